The number of aliphatic carboxylic acids is 1. The van der Waals surface area contributed by atoms with Crippen LogP contribution in [0, 0.1) is 6.92 Å². The molecule has 3 heteroatoms. The molecule has 1 aromatic rings. The molecule has 0 spiro atoms. The van der Waals surface area contributed by atoms with Gasteiger partial charge in [-0.25, -0.2) is 4.79 Å². The summed E-state index contributed by atoms with van der Waals surface area (Å²) in [6, 6.07) is 3.72. The second kappa shape index (κ2) is 3.05. The molecule has 0 aliphatic carbocycles. The molecule has 58 valence electrons. The van der Waals surface area contributed by atoms with E-state index in [1.807, 2.05) is 19.1 Å². The lowest BCUT2D eigenvalue weighted by atomic mass is 10.4. The topological polar surface area (TPSA) is 53.1 Å². The molecule has 0 amide bonds. The van der Waals surface area contributed by atoms with Crippen molar-refractivity contribution >= 4 is 12.0 Å². The lowest BCUT2D eigenvalue weighted by Crippen LogP contribution is -1.85. The van der Waals surface area contributed by atoms with Gasteiger partial charge in [0.15, 0.2) is 0 Å². The van der Waals surface area contributed by atoms with Crippen LogP contribution in [-0.4, -0.2) is 16.1 Å². The minimum Gasteiger partial charge on any atom is -0.478 e. The van der Waals surface area contributed by atoms with E-state index in [1.165, 1.54) is 6.08 Å². The Balaban J connectivity index is 2.71. The van der Waals surface area contributed by atoms with Gasteiger partial charge in [0.1, 0.15) is 0 Å². The molecule has 0 unspecified atom stereocenters. The molecule has 2 N–H and O–H groups in total. The quantitative estimate of drug-likeness (QED) is 0.628. The summed E-state index contributed by atoms with van der Waals surface area (Å²) < 4.78 is 0. The maximum atomic E-state index is 10.1. The van der Waals surface area contributed by atoms with Crippen LogP contribution in [0.4, 0.5) is 0 Å². The zero-order chi connectivity index (χ0) is 8.27. The van der Waals surface area contributed by atoms with Crippen LogP contribution in [0.2, 0.25) is 0 Å². The number of aromatic nitrogens is 1. The Morgan fingerprint density at radius 2 is 2.36 bits per heavy atom. The maximum absolute atomic E-state index is 10.1. The predicted octanol–water partition coefficient (Wildman–Crippen LogP) is 1.42. The molecule has 0 fully saturated rings. The van der Waals surface area contributed by atoms with E-state index in [1.54, 1.807) is 0 Å². The molecular weight excluding hydrogens is 142 g/mol. The number of nitrogens with one attached hydrogen (secondary N) is 1. The van der Waals surface area contributed by atoms with Crippen molar-refractivity contribution in [1.82, 2.24) is 4.98 Å². The molecule has 0 radical (unpaired) electrons. The average Bonchev–Trinajstić information content (AvgIpc) is 2.31. The fourth-order valence-corrected chi connectivity index (χ4v) is 0.784. The van der Waals surface area contributed by atoms with Crippen LogP contribution in [-0.2, 0) is 4.79 Å². The van der Waals surface area contributed by atoms with E-state index in [0.717, 1.165) is 17.5 Å². The first kappa shape index (κ1) is 7.60. The monoisotopic (exact) mass is 151 g/mol. The first-order valence-corrected chi connectivity index (χ1v) is 3.25. The van der Waals surface area contributed by atoms with Gasteiger partial charge in [-0.15, -0.1) is 0 Å². The Kier molecular flexibility index (Phi) is 2.11. The fourth-order valence-electron chi connectivity index (χ4n) is 0.784. The molecular formula is C8H9NO2. The van der Waals surface area contributed by atoms with Gasteiger partial charge in [-0.1, -0.05) is 0 Å². The Morgan fingerprint density at radius 3 is 2.82 bits per heavy atom. The summed E-state index contributed by atoms with van der Waals surface area (Å²) in [5.41, 5.74) is 1.83. The molecule has 11 heavy (non-hydrogen) atoms. The van der Waals surface area contributed by atoms with Crippen LogP contribution < -0.4 is 0 Å². The Hall–Kier alpha value is -1.51. The summed E-state index contributed by atoms with van der Waals surface area (Å²) in [5, 5.41) is 8.28. The van der Waals surface area contributed by atoms with E-state index in [-0.39, 0.29) is 0 Å². The van der Waals surface area contributed by atoms with Gasteiger partial charge in [0, 0.05) is 17.5 Å². The second-order valence-electron chi connectivity index (χ2n) is 2.27. The van der Waals surface area contributed by atoms with Crippen molar-refractivity contribution < 1.29 is 9.90 Å². The zero-order valence-electron chi connectivity index (χ0n) is 6.16. The molecule has 3 nitrogen and oxygen atoms in total. The van der Waals surface area contributed by atoms with E-state index >= 15 is 0 Å². The fraction of sp³-hybridized carbons (Fsp3) is 0.125. The van der Waals surface area contributed by atoms with Crippen LogP contribution in [0.1, 0.15) is 11.4 Å². The van der Waals surface area contributed by atoms with E-state index in [0.29, 0.717) is 0 Å². The number of carbonyl (C=O) groups is 1. The minimum atomic E-state index is -0.933. The SMILES string of the molecule is Cc1ccc(/C=C/C(=O)O)[nH]1. The standard InChI is InChI=1S/C8H9NO2/c1-6-2-3-7(9-6)4-5-8(10)11/h2-5,9H,1H3,(H,10,11)/b5-4+. The Labute approximate surface area is 64.4 Å². The van der Waals surface area contributed by atoms with Gasteiger partial charge in [-0.3, -0.25) is 0 Å². The second-order valence-corrected chi connectivity index (χ2v) is 2.27. The van der Waals surface area contributed by atoms with Gasteiger partial charge in [0.2, 0.25) is 0 Å². The summed E-state index contributed by atoms with van der Waals surface area (Å²) in [4.78, 5) is 13.1. The number of hydrogen-bond acceptors (Lipinski definition) is 1. The number of carboxylic acids is 1. The number of carboxylic acid groups (broad SMARTS) is 1. The minimum absolute atomic E-state index is 0.810. The van der Waals surface area contributed by atoms with Crippen LogP contribution >= 0.6 is 0 Å². The van der Waals surface area contributed by atoms with Crippen molar-refractivity contribution in [1.29, 1.82) is 0 Å². The van der Waals surface area contributed by atoms with Crippen molar-refractivity contribution in [2.24, 2.45) is 0 Å². The highest BCUT2D eigenvalue weighted by atomic mass is 16.4. The van der Waals surface area contributed by atoms with Gasteiger partial charge in [-0.2, -0.15) is 0 Å². The number of rotatable bonds is 2. The highest BCUT2D eigenvalue weighted by molar-refractivity contribution is 5.84. The molecule has 1 heterocycles. The van der Waals surface area contributed by atoms with Crippen molar-refractivity contribution in [3.8, 4) is 0 Å². The largest absolute Gasteiger partial charge is 0.478 e. The molecule has 0 saturated carbocycles. The number of aryl methyl sites for hydroxylation is 1. The smallest absolute Gasteiger partial charge is 0.328 e. The molecule has 1 aromatic heterocycles. The van der Waals surface area contributed by atoms with Crippen LogP contribution in [0.5, 0.6) is 0 Å². The molecule has 0 bridgehead atoms. The van der Waals surface area contributed by atoms with Crippen molar-refractivity contribution in [2.75, 3.05) is 0 Å². The Morgan fingerprint density at radius 1 is 1.64 bits per heavy atom. The van der Waals surface area contributed by atoms with Crippen LogP contribution in [0.15, 0.2) is 18.2 Å². The highest BCUT2D eigenvalue weighted by Gasteiger charge is 1.90. The highest BCUT2D eigenvalue weighted by Crippen LogP contribution is 2.01. The van der Waals surface area contributed by atoms with E-state index in [9.17, 15) is 4.79 Å². The zero-order valence-corrected chi connectivity index (χ0v) is 6.16. The van der Waals surface area contributed by atoms with Crippen molar-refractivity contribution in [3.63, 3.8) is 0 Å². The van der Waals surface area contributed by atoms with E-state index < -0.39 is 5.97 Å². The molecule has 0 aromatic carbocycles. The first-order chi connectivity index (χ1) is 5.18. The number of aromatic amines is 1. The summed E-state index contributed by atoms with van der Waals surface area (Å²) in [6.07, 6.45) is 2.63. The third-order valence-corrected chi connectivity index (χ3v) is 1.26. The number of hydrogen-bond donors (Lipinski definition) is 2. The van der Waals surface area contributed by atoms with E-state index in [2.05, 4.69) is 4.98 Å². The van der Waals surface area contributed by atoms with Crippen LogP contribution in [0.25, 0.3) is 6.08 Å². The van der Waals surface area contributed by atoms with E-state index in [4.69, 9.17) is 5.11 Å². The maximum Gasteiger partial charge on any atom is 0.328 e. The normalized spacial score (nSPS) is 10.6. The summed E-state index contributed by atoms with van der Waals surface area (Å²) in [5.74, 6) is -0.933. The molecule has 0 aliphatic rings. The van der Waals surface area contributed by atoms with Crippen molar-refractivity contribution in [3.05, 3.63) is 29.6 Å². The predicted molar refractivity (Wildman–Crippen MR) is 42.2 cm³/mol. The molecule has 0 atom stereocenters. The molecule has 1 rings (SSSR count). The van der Waals surface area contributed by atoms with Gasteiger partial charge < -0.3 is 10.1 Å². The first-order valence-electron chi connectivity index (χ1n) is 3.25. The Bertz CT molecular complexity index is 286. The summed E-state index contributed by atoms with van der Waals surface area (Å²) in [6.45, 7) is 1.91. The van der Waals surface area contributed by atoms with Gasteiger partial charge >= 0.3 is 5.97 Å². The lowest BCUT2D eigenvalue weighted by molar-refractivity contribution is -0.131. The average molecular weight is 151 g/mol. The van der Waals surface area contributed by atoms with Gasteiger partial charge in [0.05, 0.1) is 0 Å². The summed E-state index contributed by atoms with van der Waals surface area (Å²) in [7, 11) is 0. The summed E-state index contributed by atoms with van der Waals surface area (Å²) >= 11 is 0. The molecule has 0 aliphatic heterocycles. The molecule has 0 saturated heterocycles. The van der Waals surface area contributed by atoms with Gasteiger partial charge in [-0.05, 0) is 25.1 Å². The number of H-pyrrole nitrogens is 1. The lowest BCUT2D eigenvalue weighted by Gasteiger charge is -1.83. The van der Waals surface area contributed by atoms with Crippen LogP contribution in [0.3, 0.4) is 0 Å². The van der Waals surface area contributed by atoms with Gasteiger partial charge in [0.25, 0.3) is 0 Å². The third-order valence-electron chi connectivity index (χ3n) is 1.26. The third kappa shape index (κ3) is 2.29. The van der Waals surface area contributed by atoms with Crippen molar-refractivity contribution in [2.45, 2.75) is 6.92 Å².